The summed E-state index contributed by atoms with van der Waals surface area (Å²) in [4.78, 5) is 24.8. The summed E-state index contributed by atoms with van der Waals surface area (Å²) in [5.74, 6) is -1.42. The lowest BCUT2D eigenvalue weighted by Gasteiger charge is -2.02. The molecule has 1 aromatic rings. The number of carboxylic acid groups (broad SMARTS) is 1. The van der Waals surface area contributed by atoms with Gasteiger partial charge in [0.1, 0.15) is 6.61 Å². The van der Waals surface area contributed by atoms with E-state index in [9.17, 15) is 9.59 Å². The van der Waals surface area contributed by atoms with Gasteiger partial charge in [0, 0.05) is 11.9 Å². The normalized spacial score (nSPS) is 10.1. The van der Waals surface area contributed by atoms with Crippen molar-refractivity contribution in [2.24, 2.45) is 5.73 Å². The van der Waals surface area contributed by atoms with Gasteiger partial charge in [-0.1, -0.05) is 0 Å². The maximum atomic E-state index is 10.4. The minimum atomic E-state index is -0.911. The summed E-state index contributed by atoms with van der Waals surface area (Å²) in [5.41, 5.74) is 5.40. The quantitative estimate of drug-likeness (QED) is 0.551. The molecule has 0 saturated carbocycles. The molecule has 1 heterocycles. The van der Waals surface area contributed by atoms with Gasteiger partial charge in [0.2, 0.25) is 5.91 Å². The smallest absolute Gasteiger partial charge is 0.309 e. The van der Waals surface area contributed by atoms with Crippen molar-refractivity contribution in [2.75, 3.05) is 25.1 Å². The number of ether oxygens (including phenoxy) is 1. The molecule has 0 bridgehead atoms. The topological polar surface area (TPSA) is 115 Å². The van der Waals surface area contributed by atoms with Gasteiger partial charge >= 0.3 is 5.97 Å². The number of nitrogens with two attached hydrogens (primary N) is 1. The van der Waals surface area contributed by atoms with E-state index in [4.69, 9.17) is 15.6 Å². The molecule has 0 aliphatic heterocycles. The molecule has 0 atom stereocenters. The van der Waals surface area contributed by atoms with Gasteiger partial charge in [0.25, 0.3) is 0 Å². The first kappa shape index (κ1) is 13.4. The third kappa shape index (κ3) is 5.83. The summed E-state index contributed by atoms with van der Waals surface area (Å²) >= 11 is 1.32. The molecule has 0 fully saturated rings. The molecule has 0 aromatic carbocycles. The Balaban J connectivity index is 2.21. The molecular weight excluding hydrogens is 246 g/mol. The lowest BCUT2D eigenvalue weighted by Crippen LogP contribution is -2.20. The molecule has 7 nitrogen and oxygen atoms in total. The van der Waals surface area contributed by atoms with Crippen LogP contribution < -0.4 is 11.1 Å². The summed E-state index contributed by atoms with van der Waals surface area (Å²) in [6.07, 6.45) is -0.0869. The van der Waals surface area contributed by atoms with Gasteiger partial charge in [-0.2, -0.15) is 0 Å². The molecular formula is C9H13N3O4S. The fourth-order valence-corrected chi connectivity index (χ4v) is 1.77. The van der Waals surface area contributed by atoms with Crippen molar-refractivity contribution in [1.29, 1.82) is 0 Å². The van der Waals surface area contributed by atoms with Crippen LogP contribution >= 0.6 is 11.3 Å². The Morgan fingerprint density at radius 3 is 3.00 bits per heavy atom. The molecule has 94 valence electrons. The Morgan fingerprint density at radius 2 is 2.35 bits per heavy atom. The summed E-state index contributed by atoms with van der Waals surface area (Å²) in [6, 6.07) is 0. The van der Waals surface area contributed by atoms with E-state index >= 15 is 0 Å². The van der Waals surface area contributed by atoms with E-state index in [0.717, 1.165) is 0 Å². The van der Waals surface area contributed by atoms with E-state index in [2.05, 4.69) is 10.3 Å². The van der Waals surface area contributed by atoms with Crippen molar-refractivity contribution >= 4 is 28.3 Å². The summed E-state index contributed by atoms with van der Waals surface area (Å²) in [5, 5.41) is 13.8. The minimum Gasteiger partial charge on any atom is -0.481 e. The van der Waals surface area contributed by atoms with Gasteiger partial charge < -0.3 is 20.9 Å². The number of nitrogens with zero attached hydrogens (tertiary/aromatic N) is 1. The Morgan fingerprint density at radius 1 is 1.59 bits per heavy atom. The number of aliphatic carboxylic acids is 1. The minimum absolute atomic E-state index is 0.0869. The van der Waals surface area contributed by atoms with Gasteiger partial charge in [-0.15, -0.1) is 11.3 Å². The number of hydrogen-bond donors (Lipinski definition) is 3. The molecule has 1 aromatic heterocycles. The average Bonchev–Trinajstić information content (AvgIpc) is 2.63. The van der Waals surface area contributed by atoms with E-state index in [0.29, 0.717) is 24.0 Å². The van der Waals surface area contributed by atoms with E-state index < -0.39 is 11.9 Å². The molecule has 1 rings (SSSR count). The van der Waals surface area contributed by atoms with E-state index in [-0.39, 0.29) is 13.0 Å². The fraction of sp³-hybridized carbons (Fsp3) is 0.444. The number of carbonyl (C=O) groups excluding carboxylic acids is 1. The first-order valence-electron chi connectivity index (χ1n) is 4.84. The van der Waals surface area contributed by atoms with Gasteiger partial charge in [0.05, 0.1) is 18.7 Å². The van der Waals surface area contributed by atoms with Crippen molar-refractivity contribution < 1.29 is 19.4 Å². The predicted molar refractivity (Wildman–Crippen MR) is 62.0 cm³/mol. The van der Waals surface area contributed by atoms with Crippen molar-refractivity contribution in [2.45, 2.75) is 6.42 Å². The highest BCUT2D eigenvalue weighted by Gasteiger charge is 2.05. The second kappa shape index (κ2) is 6.81. The Bertz CT molecular complexity index is 393. The molecule has 0 radical (unpaired) electrons. The van der Waals surface area contributed by atoms with Crippen LogP contribution in [0.3, 0.4) is 0 Å². The standard InChI is InChI=1S/C9H13N3O4S/c10-7(13)4-16-2-1-11-9-12-6(5-17-9)3-8(14)15/h5H,1-4H2,(H2,10,13)(H,11,12)(H,14,15). The van der Waals surface area contributed by atoms with Crippen LogP contribution in [-0.4, -0.2) is 41.7 Å². The van der Waals surface area contributed by atoms with Gasteiger partial charge in [-0.25, -0.2) is 4.98 Å². The van der Waals surface area contributed by atoms with Crippen LogP contribution in [0.15, 0.2) is 5.38 Å². The van der Waals surface area contributed by atoms with Crippen LogP contribution in [0.25, 0.3) is 0 Å². The highest BCUT2D eigenvalue weighted by atomic mass is 32.1. The van der Waals surface area contributed by atoms with Crippen LogP contribution in [0.5, 0.6) is 0 Å². The molecule has 4 N–H and O–H groups in total. The molecule has 0 spiro atoms. The number of primary amides is 1. The zero-order valence-corrected chi connectivity index (χ0v) is 9.83. The first-order chi connectivity index (χ1) is 8.08. The monoisotopic (exact) mass is 259 g/mol. The lowest BCUT2D eigenvalue weighted by molar-refractivity contribution is -0.136. The van der Waals surface area contributed by atoms with Gasteiger partial charge in [-0.05, 0) is 0 Å². The van der Waals surface area contributed by atoms with Gasteiger partial charge in [0.15, 0.2) is 5.13 Å². The average molecular weight is 259 g/mol. The van der Waals surface area contributed by atoms with Crippen molar-refractivity contribution in [3.8, 4) is 0 Å². The van der Waals surface area contributed by atoms with Gasteiger partial charge in [-0.3, -0.25) is 9.59 Å². The van der Waals surface area contributed by atoms with Crippen LogP contribution in [0, 0.1) is 0 Å². The molecule has 0 saturated heterocycles. The predicted octanol–water partition coefficient (Wildman–Crippen LogP) is -0.316. The lowest BCUT2D eigenvalue weighted by atomic mass is 10.3. The number of nitrogens with one attached hydrogen (secondary N) is 1. The van der Waals surface area contributed by atoms with E-state index in [1.165, 1.54) is 11.3 Å². The second-order valence-corrected chi connectivity index (χ2v) is 4.02. The Kier molecular flexibility index (Phi) is 5.37. The van der Waals surface area contributed by atoms with Crippen molar-refractivity contribution in [3.05, 3.63) is 11.1 Å². The number of hydrogen-bond acceptors (Lipinski definition) is 6. The summed E-state index contributed by atoms with van der Waals surface area (Å²) in [7, 11) is 0. The molecule has 0 aliphatic rings. The number of thiazole rings is 1. The molecule has 0 unspecified atom stereocenters. The number of anilines is 1. The molecule has 0 aliphatic carbocycles. The zero-order valence-electron chi connectivity index (χ0n) is 9.01. The van der Waals surface area contributed by atoms with Crippen LogP contribution in [0.2, 0.25) is 0 Å². The third-order valence-corrected chi connectivity index (χ3v) is 2.50. The number of amides is 1. The maximum Gasteiger partial charge on any atom is 0.309 e. The van der Waals surface area contributed by atoms with Crippen LogP contribution in [0.1, 0.15) is 5.69 Å². The van der Waals surface area contributed by atoms with E-state index in [1.54, 1.807) is 5.38 Å². The Hall–Kier alpha value is -1.67. The molecule has 1 amide bonds. The van der Waals surface area contributed by atoms with Crippen LogP contribution in [-0.2, 0) is 20.7 Å². The zero-order chi connectivity index (χ0) is 12.7. The highest BCUT2D eigenvalue weighted by Crippen LogP contribution is 2.15. The summed E-state index contributed by atoms with van der Waals surface area (Å²) in [6.45, 7) is 0.702. The van der Waals surface area contributed by atoms with E-state index in [1.807, 2.05) is 0 Å². The van der Waals surface area contributed by atoms with Crippen LogP contribution in [0.4, 0.5) is 5.13 Å². The number of aromatic nitrogens is 1. The van der Waals surface area contributed by atoms with Crippen molar-refractivity contribution in [1.82, 2.24) is 4.98 Å². The number of carbonyl (C=O) groups is 2. The molecule has 17 heavy (non-hydrogen) atoms. The SMILES string of the molecule is NC(=O)COCCNc1nc(CC(=O)O)cs1. The largest absolute Gasteiger partial charge is 0.481 e. The fourth-order valence-electron chi connectivity index (χ4n) is 1.03. The molecule has 8 heteroatoms. The third-order valence-electron chi connectivity index (χ3n) is 1.65. The highest BCUT2D eigenvalue weighted by molar-refractivity contribution is 7.13. The number of rotatable bonds is 8. The second-order valence-electron chi connectivity index (χ2n) is 3.16. The first-order valence-corrected chi connectivity index (χ1v) is 5.72. The maximum absolute atomic E-state index is 10.4. The van der Waals surface area contributed by atoms with Crippen molar-refractivity contribution in [3.63, 3.8) is 0 Å². The number of carboxylic acids is 1. The Labute approximate surface area is 102 Å². The summed E-state index contributed by atoms with van der Waals surface area (Å²) < 4.78 is 4.93.